The summed E-state index contributed by atoms with van der Waals surface area (Å²) in [7, 11) is 1.84. The summed E-state index contributed by atoms with van der Waals surface area (Å²) in [5, 5.41) is 4.23. The largest absolute Gasteiger partial charge is 0.334 e. The standard InChI is InChI=1S/C13H22N4O.ClH/c1-9-4-5-17(11(6-9)7-14)13(18)12-8-16(3)15-10(12)2;/h8-9,11H,4-7,14H2,1-3H3;1H. The van der Waals surface area contributed by atoms with Gasteiger partial charge in [0.25, 0.3) is 5.91 Å². The summed E-state index contributed by atoms with van der Waals surface area (Å²) in [5.41, 5.74) is 7.29. The first-order valence-corrected chi connectivity index (χ1v) is 6.54. The van der Waals surface area contributed by atoms with E-state index in [1.807, 2.05) is 18.9 Å². The third-order valence-electron chi connectivity index (χ3n) is 3.75. The maximum absolute atomic E-state index is 12.5. The maximum Gasteiger partial charge on any atom is 0.257 e. The molecule has 108 valence electrons. The van der Waals surface area contributed by atoms with Crippen LogP contribution in [0.4, 0.5) is 0 Å². The van der Waals surface area contributed by atoms with Gasteiger partial charge >= 0.3 is 0 Å². The molecule has 0 spiro atoms. The number of nitrogens with two attached hydrogens (primary N) is 1. The van der Waals surface area contributed by atoms with Crippen molar-refractivity contribution in [3.05, 3.63) is 17.5 Å². The number of halogens is 1. The Balaban J connectivity index is 0.00000180. The third kappa shape index (κ3) is 3.28. The highest BCUT2D eigenvalue weighted by Crippen LogP contribution is 2.24. The summed E-state index contributed by atoms with van der Waals surface area (Å²) in [4.78, 5) is 14.4. The number of carbonyl (C=O) groups is 1. The number of nitrogens with zero attached hydrogens (tertiary/aromatic N) is 3. The number of piperidine rings is 1. The van der Waals surface area contributed by atoms with Crippen LogP contribution in [0.1, 0.15) is 35.8 Å². The van der Waals surface area contributed by atoms with Crippen molar-refractivity contribution >= 4 is 18.3 Å². The molecule has 0 bridgehead atoms. The highest BCUT2D eigenvalue weighted by atomic mass is 35.5. The van der Waals surface area contributed by atoms with E-state index in [1.54, 1.807) is 10.9 Å². The first-order valence-electron chi connectivity index (χ1n) is 6.54. The molecule has 5 nitrogen and oxygen atoms in total. The molecule has 1 aliphatic rings. The molecule has 1 aromatic heterocycles. The molecule has 1 saturated heterocycles. The fourth-order valence-corrected chi connectivity index (χ4v) is 2.71. The van der Waals surface area contributed by atoms with E-state index in [2.05, 4.69) is 12.0 Å². The number of likely N-dealkylation sites (tertiary alicyclic amines) is 1. The van der Waals surface area contributed by atoms with Crippen LogP contribution >= 0.6 is 12.4 Å². The molecule has 0 radical (unpaired) electrons. The van der Waals surface area contributed by atoms with Gasteiger partial charge in [0, 0.05) is 32.4 Å². The molecule has 2 rings (SSSR count). The smallest absolute Gasteiger partial charge is 0.257 e. The van der Waals surface area contributed by atoms with Crippen molar-refractivity contribution in [1.82, 2.24) is 14.7 Å². The van der Waals surface area contributed by atoms with Gasteiger partial charge in [0.15, 0.2) is 0 Å². The van der Waals surface area contributed by atoms with E-state index in [-0.39, 0.29) is 24.4 Å². The second-order valence-corrected chi connectivity index (χ2v) is 5.32. The zero-order chi connectivity index (χ0) is 13.3. The number of carbonyl (C=O) groups excluding carboxylic acids is 1. The third-order valence-corrected chi connectivity index (χ3v) is 3.75. The predicted octanol–water partition coefficient (Wildman–Crippen LogP) is 1.35. The van der Waals surface area contributed by atoms with E-state index >= 15 is 0 Å². The molecule has 1 amide bonds. The van der Waals surface area contributed by atoms with Crippen LogP contribution in [0.3, 0.4) is 0 Å². The number of hydrogen-bond acceptors (Lipinski definition) is 3. The van der Waals surface area contributed by atoms with Crippen molar-refractivity contribution in [3.63, 3.8) is 0 Å². The Bertz CT molecular complexity index is 446. The average molecular weight is 287 g/mol. The molecule has 0 saturated carbocycles. The van der Waals surface area contributed by atoms with E-state index < -0.39 is 0 Å². The second kappa shape index (κ2) is 6.39. The number of amides is 1. The van der Waals surface area contributed by atoms with Crippen molar-refractivity contribution in [1.29, 1.82) is 0 Å². The minimum Gasteiger partial charge on any atom is -0.334 e. The van der Waals surface area contributed by atoms with Crippen LogP contribution in [0.15, 0.2) is 6.20 Å². The number of aryl methyl sites for hydroxylation is 2. The minimum atomic E-state index is 0. The Morgan fingerprint density at radius 1 is 1.58 bits per heavy atom. The fraction of sp³-hybridized carbons (Fsp3) is 0.692. The van der Waals surface area contributed by atoms with Crippen molar-refractivity contribution in [2.75, 3.05) is 13.1 Å². The Kier molecular flexibility index (Phi) is 5.38. The monoisotopic (exact) mass is 286 g/mol. The van der Waals surface area contributed by atoms with Gasteiger partial charge in [0.05, 0.1) is 11.3 Å². The highest BCUT2D eigenvalue weighted by molar-refractivity contribution is 5.95. The van der Waals surface area contributed by atoms with Crippen molar-refractivity contribution in [2.24, 2.45) is 18.7 Å². The summed E-state index contributed by atoms with van der Waals surface area (Å²) < 4.78 is 1.69. The molecule has 19 heavy (non-hydrogen) atoms. The first-order chi connectivity index (χ1) is 8.52. The maximum atomic E-state index is 12.5. The van der Waals surface area contributed by atoms with Gasteiger partial charge in [-0.3, -0.25) is 9.48 Å². The van der Waals surface area contributed by atoms with E-state index in [0.717, 1.165) is 25.1 Å². The quantitative estimate of drug-likeness (QED) is 0.892. The summed E-state index contributed by atoms with van der Waals surface area (Å²) >= 11 is 0. The lowest BCUT2D eigenvalue weighted by Crippen LogP contribution is -2.49. The average Bonchev–Trinajstić information content (AvgIpc) is 2.67. The molecule has 2 heterocycles. The predicted molar refractivity (Wildman–Crippen MR) is 77.5 cm³/mol. The van der Waals surface area contributed by atoms with Crippen LogP contribution in [-0.2, 0) is 7.05 Å². The second-order valence-electron chi connectivity index (χ2n) is 5.32. The molecule has 2 unspecified atom stereocenters. The van der Waals surface area contributed by atoms with Gasteiger partial charge < -0.3 is 10.6 Å². The van der Waals surface area contributed by atoms with Crippen molar-refractivity contribution < 1.29 is 4.79 Å². The molecular weight excluding hydrogens is 264 g/mol. The van der Waals surface area contributed by atoms with Gasteiger partial charge in [-0.25, -0.2) is 0 Å². The van der Waals surface area contributed by atoms with Gasteiger partial charge in [0.2, 0.25) is 0 Å². The normalized spacial score (nSPS) is 23.1. The van der Waals surface area contributed by atoms with Gasteiger partial charge in [-0.1, -0.05) is 6.92 Å². The number of aromatic nitrogens is 2. The topological polar surface area (TPSA) is 64.2 Å². The molecule has 0 aliphatic carbocycles. The van der Waals surface area contributed by atoms with Gasteiger partial charge in [0.1, 0.15) is 0 Å². The first kappa shape index (κ1) is 16.0. The van der Waals surface area contributed by atoms with E-state index in [9.17, 15) is 4.79 Å². The Morgan fingerprint density at radius 2 is 2.26 bits per heavy atom. The van der Waals surface area contributed by atoms with Crippen LogP contribution in [-0.4, -0.2) is 39.7 Å². The fourth-order valence-electron chi connectivity index (χ4n) is 2.71. The Hall–Kier alpha value is -1.07. The van der Waals surface area contributed by atoms with E-state index in [4.69, 9.17) is 5.73 Å². The van der Waals surface area contributed by atoms with Crippen LogP contribution in [0.5, 0.6) is 0 Å². The van der Waals surface area contributed by atoms with Gasteiger partial charge in [-0.2, -0.15) is 5.10 Å². The lowest BCUT2D eigenvalue weighted by molar-refractivity contribution is 0.0573. The van der Waals surface area contributed by atoms with Crippen molar-refractivity contribution in [3.8, 4) is 0 Å². The lowest BCUT2D eigenvalue weighted by atomic mass is 9.92. The SMILES string of the molecule is Cc1nn(C)cc1C(=O)N1CCC(C)CC1CN.Cl. The van der Waals surface area contributed by atoms with Gasteiger partial charge in [-0.05, 0) is 25.7 Å². The molecule has 2 N–H and O–H groups in total. The van der Waals surface area contributed by atoms with Crippen LogP contribution < -0.4 is 5.73 Å². The zero-order valence-corrected chi connectivity index (χ0v) is 12.6. The number of rotatable bonds is 2. The molecule has 1 aliphatic heterocycles. The summed E-state index contributed by atoms with van der Waals surface area (Å²) in [6, 6.07) is 0.167. The summed E-state index contributed by atoms with van der Waals surface area (Å²) in [6.07, 6.45) is 3.85. The highest BCUT2D eigenvalue weighted by Gasteiger charge is 2.30. The molecule has 1 fully saturated rings. The van der Waals surface area contributed by atoms with Crippen LogP contribution in [0, 0.1) is 12.8 Å². The van der Waals surface area contributed by atoms with Crippen LogP contribution in [0.2, 0.25) is 0 Å². The zero-order valence-electron chi connectivity index (χ0n) is 11.8. The Labute approximate surface area is 120 Å². The summed E-state index contributed by atoms with van der Waals surface area (Å²) in [6.45, 7) is 5.43. The Morgan fingerprint density at radius 3 is 2.79 bits per heavy atom. The molecule has 1 aromatic rings. The van der Waals surface area contributed by atoms with Gasteiger partial charge in [-0.15, -0.1) is 12.4 Å². The van der Waals surface area contributed by atoms with Crippen LogP contribution in [0.25, 0.3) is 0 Å². The molecule has 0 aromatic carbocycles. The lowest BCUT2D eigenvalue weighted by Gasteiger charge is -2.37. The van der Waals surface area contributed by atoms with Crippen molar-refractivity contribution in [2.45, 2.75) is 32.7 Å². The molecule has 2 atom stereocenters. The number of hydrogen-bond donors (Lipinski definition) is 1. The molecule has 6 heteroatoms. The van der Waals surface area contributed by atoms with E-state index in [0.29, 0.717) is 18.0 Å². The van der Waals surface area contributed by atoms with E-state index in [1.165, 1.54) is 0 Å². The molecular formula is C13H23ClN4O. The summed E-state index contributed by atoms with van der Waals surface area (Å²) in [5.74, 6) is 0.723. The minimum absolute atomic E-state index is 0.